The first-order valence-corrected chi connectivity index (χ1v) is 7.61. The van der Waals surface area contributed by atoms with Crippen LogP contribution in [0.4, 0.5) is 0 Å². The Hall–Kier alpha value is -2.40. The lowest BCUT2D eigenvalue weighted by atomic mass is 9.96. The molecule has 22 heavy (non-hydrogen) atoms. The van der Waals surface area contributed by atoms with Crippen LogP contribution in [0.1, 0.15) is 33.6 Å². The van der Waals surface area contributed by atoms with Crippen LogP contribution in [0.15, 0.2) is 48.4 Å². The number of carbonyl (C=O) groups excluding carboxylic acids is 1. The first-order chi connectivity index (χ1) is 10.5. The molecule has 0 fully saturated rings. The number of aliphatic carboxylic acids is 1. The number of ketones is 1. The van der Waals surface area contributed by atoms with Crippen molar-refractivity contribution in [3.05, 3.63) is 64.4 Å². The van der Waals surface area contributed by atoms with E-state index in [0.717, 1.165) is 0 Å². The standard InChI is InChI=1S/C17H16O4S/c1-3-8-21-14-7-6-12(10-13(14)11(2)17(19)20)16(18)15-5-4-9-22-15/h3-7,9-11H,1,8H2,2H3,(H,19,20). The fourth-order valence-corrected chi connectivity index (χ4v) is 2.68. The normalized spacial score (nSPS) is 11.7. The number of hydrogen-bond donors (Lipinski definition) is 1. The zero-order valence-electron chi connectivity index (χ0n) is 12.1. The number of ether oxygens (including phenoxy) is 1. The Morgan fingerprint density at radius 3 is 2.77 bits per heavy atom. The summed E-state index contributed by atoms with van der Waals surface area (Å²) in [6.07, 6.45) is 1.58. The molecular formula is C17H16O4S. The van der Waals surface area contributed by atoms with Crippen molar-refractivity contribution < 1.29 is 19.4 Å². The van der Waals surface area contributed by atoms with Gasteiger partial charge in [-0.1, -0.05) is 18.7 Å². The minimum atomic E-state index is -0.968. The highest BCUT2D eigenvalue weighted by atomic mass is 32.1. The van der Waals surface area contributed by atoms with E-state index in [9.17, 15) is 14.7 Å². The van der Waals surface area contributed by atoms with Gasteiger partial charge in [-0.05, 0) is 36.6 Å². The van der Waals surface area contributed by atoms with Crippen molar-refractivity contribution >= 4 is 23.1 Å². The van der Waals surface area contributed by atoms with Crippen molar-refractivity contribution in [1.29, 1.82) is 0 Å². The molecule has 1 aromatic heterocycles. The number of thiophene rings is 1. The van der Waals surface area contributed by atoms with E-state index in [1.165, 1.54) is 11.3 Å². The topological polar surface area (TPSA) is 63.6 Å². The SMILES string of the molecule is C=CCOc1ccc(C(=O)c2cccs2)cc1C(C)C(=O)O. The Bertz CT molecular complexity index is 689. The Balaban J connectivity index is 2.42. The molecule has 0 bridgehead atoms. The van der Waals surface area contributed by atoms with Crippen LogP contribution in [-0.2, 0) is 4.79 Å². The van der Waals surface area contributed by atoms with Crippen LogP contribution < -0.4 is 4.74 Å². The van der Waals surface area contributed by atoms with Crippen LogP contribution in [0.5, 0.6) is 5.75 Å². The predicted molar refractivity (Wildman–Crippen MR) is 85.9 cm³/mol. The number of benzene rings is 1. The summed E-state index contributed by atoms with van der Waals surface area (Å²) in [7, 11) is 0. The zero-order valence-corrected chi connectivity index (χ0v) is 12.9. The molecule has 0 amide bonds. The average Bonchev–Trinajstić information content (AvgIpc) is 3.05. The van der Waals surface area contributed by atoms with Crippen LogP contribution in [-0.4, -0.2) is 23.5 Å². The van der Waals surface area contributed by atoms with Crippen molar-refractivity contribution in [1.82, 2.24) is 0 Å². The highest BCUT2D eigenvalue weighted by molar-refractivity contribution is 7.12. The summed E-state index contributed by atoms with van der Waals surface area (Å²) in [5, 5.41) is 11.1. The first kappa shape index (κ1) is 16.0. The van der Waals surface area contributed by atoms with Crippen molar-refractivity contribution in [3.8, 4) is 5.75 Å². The maximum absolute atomic E-state index is 12.4. The Kier molecular flexibility index (Phi) is 5.12. The van der Waals surface area contributed by atoms with Gasteiger partial charge in [-0.3, -0.25) is 9.59 Å². The van der Waals surface area contributed by atoms with Gasteiger partial charge in [-0.25, -0.2) is 0 Å². The molecule has 0 aliphatic heterocycles. The molecule has 1 unspecified atom stereocenters. The van der Waals surface area contributed by atoms with Crippen molar-refractivity contribution in [2.24, 2.45) is 0 Å². The number of hydrogen-bond acceptors (Lipinski definition) is 4. The molecule has 0 aliphatic carbocycles. The largest absolute Gasteiger partial charge is 0.489 e. The molecule has 0 saturated heterocycles. The van der Waals surface area contributed by atoms with Gasteiger partial charge < -0.3 is 9.84 Å². The van der Waals surface area contributed by atoms with Crippen LogP contribution in [0.3, 0.4) is 0 Å². The molecule has 1 aromatic carbocycles. The highest BCUT2D eigenvalue weighted by Gasteiger charge is 2.21. The quantitative estimate of drug-likeness (QED) is 0.624. The Morgan fingerprint density at radius 2 is 2.18 bits per heavy atom. The van der Waals surface area contributed by atoms with Crippen LogP contribution in [0.2, 0.25) is 0 Å². The second-order valence-electron chi connectivity index (χ2n) is 4.72. The maximum Gasteiger partial charge on any atom is 0.310 e. The third-order valence-corrected chi connectivity index (χ3v) is 4.08. The first-order valence-electron chi connectivity index (χ1n) is 6.73. The molecule has 0 saturated carbocycles. The van der Waals surface area contributed by atoms with Crippen molar-refractivity contribution in [2.45, 2.75) is 12.8 Å². The van der Waals surface area contributed by atoms with Gasteiger partial charge in [0.2, 0.25) is 5.78 Å². The van der Waals surface area contributed by atoms with Gasteiger partial charge in [-0.15, -0.1) is 11.3 Å². The minimum Gasteiger partial charge on any atom is -0.489 e. The number of rotatable bonds is 7. The van der Waals surface area contributed by atoms with Crippen LogP contribution >= 0.6 is 11.3 Å². The molecule has 1 heterocycles. The molecule has 0 spiro atoms. The fourth-order valence-electron chi connectivity index (χ4n) is 1.99. The Morgan fingerprint density at radius 1 is 1.41 bits per heavy atom. The van der Waals surface area contributed by atoms with E-state index in [1.807, 2.05) is 5.38 Å². The molecule has 0 aliphatic rings. The van der Waals surface area contributed by atoms with Crippen molar-refractivity contribution in [3.63, 3.8) is 0 Å². The molecule has 4 nitrogen and oxygen atoms in total. The molecule has 114 valence electrons. The van der Waals surface area contributed by atoms with Crippen LogP contribution in [0, 0.1) is 0 Å². The van der Waals surface area contributed by atoms with E-state index in [0.29, 0.717) is 21.8 Å². The number of carboxylic acids is 1. The molecule has 0 radical (unpaired) electrons. The summed E-state index contributed by atoms with van der Waals surface area (Å²) in [6.45, 7) is 5.41. The minimum absolute atomic E-state index is 0.121. The molecule has 1 N–H and O–H groups in total. The molecule has 2 rings (SSSR count). The smallest absolute Gasteiger partial charge is 0.310 e. The third-order valence-electron chi connectivity index (χ3n) is 3.21. The van der Waals surface area contributed by atoms with E-state index in [1.54, 1.807) is 43.3 Å². The van der Waals surface area contributed by atoms with Gasteiger partial charge in [0, 0.05) is 11.1 Å². The maximum atomic E-state index is 12.4. The van der Waals surface area contributed by atoms with Gasteiger partial charge >= 0.3 is 5.97 Å². The van der Waals surface area contributed by atoms with E-state index >= 15 is 0 Å². The second-order valence-corrected chi connectivity index (χ2v) is 5.67. The van der Waals surface area contributed by atoms with Crippen molar-refractivity contribution in [2.75, 3.05) is 6.61 Å². The summed E-state index contributed by atoms with van der Waals surface area (Å²) in [4.78, 5) is 24.3. The molecule has 1 atom stereocenters. The Labute approximate surface area is 132 Å². The third kappa shape index (κ3) is 3.43. The van der Waals surface area contributed by atoms with Gasteiger partial charge in [-0.2, -0.15) is 0 Å². The highest BCUT2D eigenvalue weighted by Crippen LogP contribution is 2.29. The number of carbonyl (C=O) groups is 2. The lowest BCUT2D eigenvalue weighted by Crippen LogP contribution is -2.11. The second kappa shape index (κ2) is 7.04. The van der Waals surface area contributed by atoms with Gasteiger partial charge in [0.25, 0.3) is 0 Å². The lowest BCUT2D eigenvalue weighted by Gasteiger charge is -2.14. The predicted octanol–water partition coefficient (Wildman–Crippen LogP) is 3.73. The summed E-state index contributed by atoms with van der Waals surface area (Å²) < 4.78 is 5.49. The fraction of sp³-hybridized carbons (Fsp3) is 0.176. The molecule has 2 aromatic rings. The van der Waals surface area contributed by atoms with E-state index < -0.39 is 11.9 Å². The summed E-state index contributed by atoms with van der Waals surface area (Å²) >= 11 is 1.35. The van der Waals surface area contributed by atoms with E-state index in [4.69, 9.17) is 4.74 Å². The average molecular weight is 316 g/mol. The molecule has 5 heteroatoms. The number of carboxylic acid groups (broad SMARTS) is 1. The van der Waals surface area contributed by atoms with Crippen LogP contribution in [0.25, 0.3) is 0 Å². The van der Waals surface area contributed by atoms with Gasteiger partial charge in [0.05, 0.1) is 10.8 Å². The summed E-state index contributed by atoms with van der Waals surface area (Å²) in [6, 6.07) is 8.44. The lowest BCUT2D eigenvalue weighted by molar-refractivity contribution is -0.138. The molecular weight excluding hydrogens is 300 g/mol. The zero-order chi connectivity index (χ0) is 16.1. The summed E-state index contributed by atoms with van der Waals surface area (Å²) in [5.74, 6) is -1.40. The van der Waals surface area contributed by atoms with E-state index in [2.05, 4.69) is 6.58 Å². The van der Waals surface area contributed by atoms with E-state index in [-0.39, 0.29) is 12.4 Å². The summed E-state index contributed by atoms with van der Waals surface area (Å²) in [5.41, 5.74) is 0.938. The van der Waals surface area contributed by atoms with Gasteiger partial charge in [0.1, 0.15) is 12.4 Å². The van der Waals surface area contributed by atoms with Gasteiger partial charge in [0.15, 0.2) is 0 Å². The monoisotopic (exact) mass is 316 g/mol.